The molecule has 1 aliphatic carbocycles. The molecular formula is C18H22N4O. The summed E-state index contributed by atoms with van der Waals surface area (Å²) in [6.07, 6.45) is 7.67. The average molecular weight is 310 g/mol. The summed E-state index contributed by atoms with van der Waals surface area (Å²) in [4.78, 5) is 20.7. The fourth-order valence-electron chi connectivity index (χ4n) is 2.84. The van der Waals surface area contributed by atoms with E-state index >= 15 is 0 Å². The summed E-state index contributed by atoms with van der Waals surface area (Å²) < 4.78 is 0. The van der Waals surface area contributed by atoms with Gasteiger partial charge >= 0.3 is 0 Å². The van der Waals surface area contributed by atoms with Gasteiger partial charge in [0.25, 0.3) is 5.91 Å². The lowest BCUT2D eigenvalue weighted by Crippen LogP contribution is -2.32. The van der Waals surface area contributed by atoms with Crippen LogP contribution in [0.2, 0.25) is 0 Å². The third kappa shape index (κ3) is 3.86. The van der Waals surface area contributed by atoms with E-state index < -0.39 is 0 Å². The number of nitrogens with zero attached hydrogens (tertiary/aromatic N) is 2. The molecule has 1 aromatic heterocycles. The molecule has 23 heavy (non-hydrogen) atoms. The zero-order valence-corrected chi connectivity index (χ0v) is 13.6. The third-order valence-electron chi connectivity index (χ3n) is 4.24. The van der Waals surface area contributed by atoms with Crippen molar-refractivity contribution in [1.82, 2.24) is 15.3 Å². The Morgan fingerprint density at radius 3 is 2.52 bits per heavy atom. The second kappa shape index (κ2) is 6.77. The molecule has 2 N–H and O–H groups in total. The molecule has 5 nitrogen and oxygen atoms in total. The summed E-state index contributed by atoms with van der Waals surface area (Å²) in [7, 11) is 0. The van der Waals surface area contributed by atoms with Crippen molar-refractivity contribution in [3.63, 3.8) is 0 Å². The van der Waals surface area contributed by atoms with Crippen molar-refractivity contribution in [3.05, 3.63) is 47.3 Å². The maximum Gasteiger partial charge on any atom is 0.254 e. The van der Waals surface area contributed by atoms with Crippen LogP contribution in [0.3, 0.4) is 0 Å². The highest BCUT2D eigenvalue weighted by molar-refractivity contribution is 5.93. The van der Waals surface area contributed by atoms with Crippen molar-refractivity contribution >= 4 is 17.5 Å². The first kappa shape index (κ1) is 15.5. The van der Waals surface area contributed by atoms with E-state index in [9.17, 15) is 4.79 Å². The van der Waals surface area contributed by atoms with E-state index in [1.54, 1.807) is 12.4 Å². The number of rotatable bonds is 4. The smallest absolute Gasteiger partial charge is 0.254 e. The Bertz CT molecular complexity index is 691. The van der Waals surface area contributed by atoms with Crippen LogP contribution in [0.15, 0.2) is 30.6 Å². The van der Waals surface area contributed by atoms with Gasteiger partial charge in [-0.1, -0.05) is 25.0 Å². The molecule has 3 rings (SSSR count). The van der Waals surface area contributed by atoms with Crippen LogP contribution in [0.25, 0.3) is 0 Å². The molecule has 120 valence electrons. The number of hydrogen-bond donors (Lipinski definition) is 2. The quantitative estimate of drug-likeness (QED) is 0.907. The van der Waals surface area contributed by atoms with Gasteiger partial charge < -0.3 is 10.6 Å². The van der Waals surface area contributed by atoms with Gasteiger partial charge in [-0.05, 0) is 43.9 Å². The lowest BCUT2D eigenvalue weighted by Gasteiger charge is -2.12. The summed E-state index contributed by atoms with van der Waals surface area (Å²) in [5.74, 6) is 0.409. The first-order valence-electron chi connectivity index (χ1n) is 8.09. The molecule has 0 spiro atoms. The van der Waals surface area contributed by atoms with Gasteiger partial charge in [0.05, 0.1) is 5.56 Å². The molecular weight excluding hydrogens is 288 g/mol. The van der Waals surface area contributed by atoms with E-state index in [4.69, 9.17) is 0 Å². The van der Waals surface area contributed by atoms with Gasteiger partial charge in [0, 0.05) is 24.1 Å². The minimum absolute atomic E-state index is 0.0878. The highest BCUT2D eigenvalue weighted by atomic mass is 16.1. The standard InChI is InChI=1S/C18H22N4O/c1-12-7-8-13(2)16(9-12)22-18-19-10-14(11-20-18)17(23)21-15-5-3-4-6-15/h7-11,15H,3-6H2,1-2H3,(H,21,23)(H,19,20,22). The van der Waals surface area contributed by atoms with Crippen LogP contribution in [-0.4, -0.2) is 21.9 Å². The zero-order valence-electron chi connectivity index (χ0n) is 13.6. The van der Waals surface area contributed by atoms with Crippen LogP contribution < -0.4 is 10.6 Å². The molecule has 5 heteroatoms. The SMILES string of the molecule is Cc1ccc(C)c(Nc2ncc(C(=O)NC3CCCC3)cn2)c1. The van der Waals surface area contributed by atoms with Gasteiger partial charge in [-0.15, -0.1) is 0 Å². The number of aromatic nitrogens is 2. The highest BCUT2D eigenvalue weighted by Gasteiger charge is 2.18. The van der Waals surface area contributed by atoms with Crippen molar-refractivity contribution in [1.29, 1.82) is 0 Å². The lowest BCUT2D eigenvalue weighted by atomic mass is 10.1. The van der Waals surface area contributed by atoms with Gasteiger partial charge in [0.1, 0.15) is 0 Å². The zero-order chi connectivity index (χ0) is 16.2. The molecule has 0 aliphatic heterocycles. The molecule has 0 radical (unpaired) electrons. The molecule has 0 unspecified atom stereocenters. The topological polar surface area (TPSA) is 66.9 Å². The molecule has 0 atom stereocenters. The Morgan fingerprint density at radius 2 is 1.83 bits per heavy atom. The van der Waals surface area contributed by atoms with E-state index in [1.807, 2.05) is 13.8 Å². The number of nitrogens with one attached hydrogen (secondary N) is 2. The number of benzene rings is 1. The summed E-state index contributed by atoms with van der Waals surface area (Å²) >= 11 is 0. The molecule has 1 fully saturated rings. The minimum Gasteiger partial charge on any atom is -0.349 e. The second-order valence-corrected chi connectivity index (χ2v) is 6.19. The summed E-state index contributed by atoms with van der Waals surface area (Å²) in [6, 6.07) is 6.48. The average Bonchev–Trinajstić information content (AvgIpc) is 3.04. The summed E-state index contributed by atoms with van der Waals surface area (Å²) in [5.41, 5.74) is 3.78. The summed E-state index contributed by atoms with van der Waals surface area (Å²) in [6.45, 7) is 4.08. The van der Waals surface area contributed by atoms with Crippen LogP contribution in [0.4, 0.5) is 11.6 Å². The van der Waals surface area contributed by atoms with E-state index in [1.165, 1.54) is 18.4 Å². The van der Waals surface area contributed by atoms with Crippen LogP contribution >= 0.6 is 0 Å². The van der Waals surface area contributed by atoms with Gasteiger partial charge in [-0.3, -0.25) is 4.79 Å². The van der Waals surface area contributed by atoms with E-state index in [0.29, 0.717) is 17.6 Å². The molecule has 1 saturated carbocycles. The van der Waals surface area contributed by atoms with Crippen LogP contribution in [0.1, 0.15) is 47.2 Å². The molecule has 1 heterocycles. The maximum atomic E-state index is 12.2. The Morgan fingerprint density at radius 1 is 1.13 bits per heavy atom. The van der Waals surface area contributed by atoms with Crippen molar-refractivity contribution in [2.45, 2.75) is 45.6 Å². The fraction of sp³-hybridized carbons (Fsp3) is 0.389. The maximum absolute atomic E-state index is 12.2. The number of carbonyl (C=O) groups is 1. The molecule has 1 amide bonds. The van der Waals surface area contributed by atoms with E-state index in [2.05, 4.69) is 38.8 Å². The van der Waals surface area contributed by atoms with E-state index in [0.717, 1.165) is 24.1 Å². The van der Waals surface area contributed by atoms with Crippen LogP contribution in [0, 0.1) is 13.8 Å². The monoisotopic (exact) mass is 310 g/mol. The number of aryl methyl sites for hydroxylation is 2. The van der Waals surface area contributed by atoms with Crippen LogP contribution in [0.5, 0.6) is 0 Å². The number of anilines is 2. The first-order valence-corrected chi connectivity index (χ1v) is 8.09. The van der Waals surface area contributed by atoms with Crippen molar-refractivity contribution in [2.24, 2.45) is 0 Å². The Labute approximate surface area is 136 Å². The molecule has 0 bridgehead atoms. The van der Waals surface area contributed by atoms with Gasteiger partial charge in [0.15, 0.2) is 0 Å². The Balaban J connectivity index is 1.66. The number of hydrogen-bond acceptors (Lipinski definition) is 4. The van der Waals surface area contributed by atoms with Crippen molar-refractivity contribution < 1.29 is 4.79 Å². The third-order valence-corrected chi connectivity index (χ3v) is 4.24. The van der Waals surface area contributed by atoms with Gasteiger partial charge in [0.2, 0.25) is 5.95 Å². The summed E-state index contributed by atoms with van der Waals surface area (Å²) in [5, 5.41) is 6.24. The van der Waals surface area contributed by atoms with Crippen molar-refractivity contribution in [2.75, 3.05) is 5.32 Å². The lowest BCUT2D eigenvalue weighted by molar-refractivity contribution is 0.0937. The largest absolute Gasteiger partial charge is 0.349 e. The Hall–Kier alpha value is -2.43. The first-order chi connectivity index (χ1) is 11.1. The molecule has 1 aliphatic rings. The van der Waals surface area contributed by atoms with Crippen molar-refractivity contribution in [3.8, 4) is 0 Å². The number of carbonyl (C=O) groups excluding carboxylic acids is 1. The van der Waals surface area contributed by atoms with Gasteiger partial charge in [-0.25, -0.2) is 9.97 Å². The van der Waals surface area contributed by atoms with Gasteiger partial charge in [-0.2, -0.15) is 0 Å². The number of amides is 1. The Kier molecular flexibility index (Phi) is 4.55. The predicted octanol–water partition coefficient (Wildman–Crippen LogP) is 3.51. The highest BCUT2D eigenvalue weighted by Crippen LogP contribution is 2.20. The molecule has 2 aromatic rings. The van der Waals surface area contributed by atoms with E-state index in [-0.39, 0.29) is 5.91 Å². The molecule has 0 saturated heterocycles. The predicted molar refractivity (Wildman–Crippen MR) is 91.0 cm³/mol. The fourth-order valence-corrected chi connectivity index (χ4v) is 2.84. The second-order valence-electron chi connectivity index (χ2n) is 6.19. The molecule has 1 aromatic carbocycles. The van der Waals surface area contributed by atoms with Crippen LogP contribution in [-0.2, 0) is 0 Å². The minimum atomic E-state index is -0.0878. The normalized spacial score (nSPS) is 14.7.